The molecule has 0 aromatic rings. The highest BCUT2D eigenvalue weighted by Gasteiger charge is 2.14. The molecule has 3 nitrogen and oxygen atoms in total. The number of hydrogen-bond donors (Lipinski definition) is 2. The van der Waals surface area contributed by atoms with Crippen molar-refractivity contribution < 1.29 is 10.0 Å². The quantitative estimate of drug-likeness (QED) is 0.579. The van der Waals surface area contributed by atoms with Crippen LogP contribution in [0.3, 0.4) is 0 Å². The van der Waals surface area contributed by atoms with Gasteiger partial charge in [0.2, 0.25) is 0 Å². The first-order valence-electron chi connectivity index (χ1n) is 4.59. The molecule has 0 amide bonds. The monoisotopic (exact) mass is 330 g/mol. The third-order valence-electron chi connectivity index (χ3n) is 0.698. The highest BCUT2D eigenvalue weighted by molar-refractivity contribution is 9.09. The summed E-state index contributed by atoms with van der Waals surface area (Å²) in [6.45, 7) is -3.97. The van der Waals surface area contributed by atoms with Crippen LogP contribution in [0.4, 0.5) is 0 Å². The van der Waals surface area contributed by atoms with Crippen molar-refractivity contribution in [1.29, 1.82) is 0 Å². The molecular weight excluding hydrogens is 318 g/mol. The van der Waals surface area contributed by atoms with E-state index < -0.39 is 17.4 Å². The molecule has 2 N–H and O–H groups in total. The molecule has 0 heterocycles. The summed E-state index contributed by atoms with van der Waals surface area (Å²) in [6, 6.07) is 0. The lowest BCUT2D eigenvalue weighted by Crippen LogP contribution is -2.21. The van der Waals surface area contributed by atoms with E-state index in [2.05, 4.69) is 42.0 Å². The fourth-order valence-corrected chi connectivity index (χ4v) is 2.07. The van der Waals surface area contributed by atoms with Crippen molar-refractivity contribution >= 4 is 49.9 Å². The van der Waals surface area contributed by atoms with Gasteiger partial charge in [-0.1, -0.05) is 31.9 Å². The van der Waals surface area contributed by atoms with Crippen molar-refractivity contribution in [1.82, 2.24) is 10.2 Å². The van der Waals surface area contributed by atoms with Crippen LogP contribution in [-0.2, 0) is 4.57 Å². The van der Waals surface area contributed by atoms with E-state index in [9.17, 15) is 4.57 Å². The Morgan fingerprint density at radius 3 is 2.00 bits per heavy atom. The average molecular weight is 332 g/mol. The summed E-state index contributed by atoms with van der Waals surface area (Å²) in [5.41, 5.74) is 0. The molecule has 0 unspecified atom stereocenters. The minimum absolute atomic E-state index is 0.258. The molecular formula is C4H10Br2ClN2OP. The summed E-state index contributed by atoms with van der Waals surface area (Å²) in [5, 5.41) is 1.11. The average Bonchev–Trinajstić information content (AvgIpc) is 1.96. The molecule has 0 rings (SSSR count). The van der Waals surface area contributed by atoms with E-state index in [1.165, 1.54) is 0 Å². The number of nitrogens with one attached hydrogen (secondary N) is 2. The summed E-state index contributed by atoms with van der Waals surface area (Å²) < 4.78 is 39.9. The Kier molecular flexibility index (Phi) is 4.24. The molecule has 0 radical (unpaired) electrons. The Balaban J connectivity index is 4.04. The van der Waals surface area contributed by atoms with Gasteiger partial charge in [0, 0.05) is 29.1 Å². The minimum Gasteiger partial charge on any atom is -0.271 e. The molecule has 0 aromatic heterocycles. The normalized spacial score (nSPS) is 19.9. The van der Waals surface area contributed by atoms with Gasteiger partial charge in [-0.05, 0) is 11.2 Å². The largest absolute Gasteiger partial charge is 0.299 e. The van der Waals surface area contributed by atoms with Gasteiger partial charge in [-0.15, -0.1) is 0 Å². The molecule has 68 valence electrons. The van der Waals surface area contributed by atoms with E-state index in [0.717, 1.165) is 0 Å². The lowest BCUT2D eigenvalue weighted by molar-refractivity contribution is 0.568. The lowest BCUT2D eigenvalue weighted by atomic mass is 10.8. The van der Waals surface area contributed by atoms with E-state index in [-0.39, 0.29) is 13.1 Å². The molecule has 0 aromatic carbocycles. The fourth-order valence-electron chi connectivity index (χ4n) is 0.319. The zero-order chi connectivity index (χ0) is 12.3. The molecule has 0 aliphatic rings. The first-order valence-corrected chi connectivity index (χ1v) is 6.79. The first kappa shape index (κ1) is 6.80. The predicted molar refractivity (Wildman–Crippen MR) is 57.1 cm³/mol. The lowest BCUT2D eigenvalue weighted by Gasteiger charge is -2.11. The summed E-state index contributed by atoms with van der Waals surface area (Å²) >= 11 is 10.9. The second kappa shape index (κ2) is 6.87. The zero-order valence-electron chi connectivity index (χ0n) is 9.40. The van der Waals surface area contributed by atoms with Gasteiger partial charge in [0.05, 0.1) is 0 Å². The molecule has 11 heavy (non-hydrogen) atoms. The van der Waals surface area contributed by atoms with Crippen LogP contribution in [0.15, 0.2) is 0 Å². The van der Waals surface area contributed by atoms with Crippen LogP contribution >= 0.6 is 49.9 Å². The molecule has 0 saturated carbocycles. The molecule has 0 aliphatic carbocycles. The summed E-state index contributed by atoms with van der Waals surface area (Å²) in [5.74, 6) is 0. The Morgan fingerprint density at radius 2 is 1.73 bits per heavy atom. The smallest absolute Gasteiger partial charge is 0.271 e. The van der Waals surface area contributed by atoms with E-state index >= 15 is 0 Å². The van der Waals surface area contributed by atoms with Gasteiger partial charge in [-0.25, -0.2) is 10.2 Å². The van der Waals surface area contributed by atoms with Crippen molar-refractivity contribution in [3.63, 3.8) is 0 Å². The summed E-state index contributed by atoms with van der Waals surface area (Å²) in [7, 11) is 0. The first-order chi connectivity index (χ1) is 6.41. The number of halogens is 3. The third kappa shape index (κ3) is 7.75. The van der Waals surface area contributed by atoms with Gasteiger partial charge in [0.25, 0.3) is 6.80 Å². The summed E-state index contributed by atoms with van der Waals surface area (Å²) in [6.07, 6.45) is 0. The molecule has 0 spiro atoms. The Labute approximate surface area is 93.8 Å². The van der Waals surface area contributed by atoms with Crippen molar-refractivity contribution in [3.8, 4) is 0 Å². The van der Waals surface area contributed by atoms with Gasteiger partial charge < -0.3 is 0 Å². The molecule has 0 bridgehead atoms. The van der Waals surface area contributed by atoms with E-state index in [4.69, 9.17) is 16.7 Å². The Morgan fingerprint density at radius 1 is 1.36 bits per heavy atom. The van der Waals surface area contributed by atoms with Gasteiger partial charge in [0.15, 0.2) is 0 Å². The zero-order valence-corrected chi connectivity index (χ0v) is 10.2. The topological polar surface area (TPSA) is 41.1 Å². The Hall–Kier alpha value is 1.40. The van der Waals surface area contributed by atoms with E-state index in [0.29, 0.717) is 0 Å². The molecule has 0 saturated heterocycles. The summed E-state index contributed by atoms with van der Waals surface area (Å²) in [4.78, 5) is 0. The second-order valence-electron chi connectivity index (χ2n) is 1.47. The molecule has 0 atom stereocenters. The number of rotatable bonds is 6. The van der Waals surface area contributed by atoms with Gasteiger partial charge in [-0.2, -0.15) is 0 Å². The SMILES string of the molecule is [2H]C([2H])(Br)CNP(=O)(Cl)NCC([2H])([2H])Br. The Bertz CT molecular complexity index is 236. The minimum atomic E-state index is -3.45. The van der Waals surface area contributed by atoms with Gasteiger partial charge >= 0.3 is 0 Å². The van der Waals surface area contributed by atoms with Crippen molar-refractivity contribution in [2.24, 2.45) is 0 Å². The van der Waals surface area contributed by atoms with Crippen LogP contribution in [0.25, 0.3) is 0 Å². The molecule has 0 fully saturated rings. The van der Waals surface area contributed by atoms with Crippen LogP contribution < -0.4 is 10.2 Å². The van der Waals surface area contributed by atoms with Crippen molar-refractivity contribution in [2.75, 3.05) is 23.7 Å². The van der Waals surface area contributed by atoms with Crippen LogP contribution in [-0.4, -0.2) is 23.7 Å². The highest BCUT2D eigenvalue weighted by Crippen LogP contribution is 2.41. The maximum Gasteiger partial charge on any atom is 0.299 e. The van der Waals surface area contributed by atoms with Gasteiger partial charge in [-0.3, -0.25) is 4.57 Å². The maximum absolute atomic E-state index is 11.5. The van der Waals surface area contributed by atoms with Crippen molar-refractivity contribution in [2.45, 2.75) is 0 Å². The second-order valence-corrected chi connectivity index (χ2v) is 5.72. The predicted octanol–water partition coefficient (Wildman–Crippen LogP) is 2.30. The number of hydrogen-bond acceptors (Lipinski definition) is 1. The molecule has 7 heteroatoms. The van der Waals surface area contributed by atoms with Crippen LogP contribution in [0, 0.1) is 0 Å². The maximum atomic E-state index is 11.5. The van der Waals surface area contributed by atoms with Crippen molar-refractivity contribution in [3.05, 3.63) is 0 Å². The van der Waals surface area contributed by atoms with E-state index in [1.807, 2.05) is 0 Å². The van der Waals surface area contributed by atoms with Crippen LogP contribution in [0.2, 0.25) is 0 Å². The van der Waals surface area contributed by atoms with Gasteiger partial charge in [0.1, 0.15) is 0 Å². The highest BCUT2D eigenvalue weighted by atomic mass is 79.9. The fraction of sp³-hybridized carbons (Fsp3) is 1.00. The third-order valence-corrected chi connectivity index (χ3v) is 3.11. The van der Waals surface area contributed by atoms with Crippen LogP contribution in [0.1, 0.15) is 5.48 Å². The number of alkyl halides is 2. The standard InChI is InChI=1S/C4H10Br2ClN2OP/c5-1-3-8-11(7,10)9-4-2-6/h1-4H2,(H2,8,9,10)/i1D2,2D2. The molecule has 0 aliphatic heterocycles. The van der Waals surface area contributed by atoms with E-state index in [1.54, 1.807) is 0 Å². The van der Waals surface area contributed by atoms with Crippen LogP contribution in [0.5, 0.6) is 0 Å².